The highest BCUT2D eigenvalue weighted by molar-refractivity contribution is 5.32. The molecule has 1 fully saturated rings. The first-order valence-electron chi connectivity index (χ1n) is 8.74. The monoisotopic (exact) mass is 294 g/mol. The minimum Gasteiger partial charge on any atom is -0.0776 e. The Morgan fingerprint density at radius 2 is 1.33 bits per heavy atom. The van der Waals surface area contributed by atoms with Gasteiger partial charge in [-0.2, -0.15) is 0 Å². The lowest BCUT2D eigenvalue weighted by atomic mass is 9.66. The molecule has 2 atom stereocenters. The van der Waals surface area contributed by atoms with Crippen LogP contribution in [0.4, 0.5) is 0 Å². The molecule has 0 saturated heterocycles. The molecule has 0 aromatic carbocycles. The fraction of sp³-hybridized carbons (Fsp3) is 0.810. The van der Waals surface area contributed by atoms with Crippen molar-refractivity contribution in [3.8, 4) is 0 Å². The summed E-state index contributed by atoms with van der Waals surface area (Å²) < 4.78 is 0. The van der Waals surface area contributed by atoms with E-state index in [1.165, 1.54) is 37.7 Å². The lowest BCUT2D eigenvalue weighted by Gasteiger charge is -2.38. The van der Waals surface area contributed by atoms with Crippen molar-refractivity contribution in [2.45, 2.75) is 94.9 Å². The Kier molecular flexibility index (Phi) is 12.0. The van der Waals surface area contributed by atoms with E-state index in [2.05, 4.69) is 67.5 Å². The topological polar surface area (TPSA) is 0 Å². The fourth-order valence-corrected chi connectivity index (χ4v) is 3.60. The van der Waals surface area contributed by atoms with Crippen molar-refractivity contribution in [1.29, 1.82) is 0 Å². The molecule has 1 spiro atoms. The molecule has 0 heteroatoms. The van der Waals surface area contributed by atoms with Crippen molar-refractivity contribution < 1.29 is 0 Å². The van der Waals surface area contributed by atoms with Crippen LogP contribution in [-0.4, -0.2) is 0 Å². The van der Waals surface area contributed by atoms with Crippen LogP contribution in [0.3, 0.4) is 0 Å². The quantitative estimate of drug-likeness (QED) is 0.427. The van der Waals surface area contributed by atoms with Gasteiger partial charge in [-0.05, 0) is 50.4 Å². The average molecular weight is 295 g/mol. The first-order chi connectivity index (χ1) is 9.37. The Morgan fingerprint density at radius 3 is 1.67 bits per heavy atom. The van der Waals surface area contributed by atoms with Gasteiger partial charge in [-0.1, -0.05) is 85.1 Å². The highest BCUT2D eigenvalue weighted by atomic mass is 14.5. The summed E-state index contributed by atoms with van der Waals surface area (Å²) in [5.74, 6) is 1.74. The summed E-state index contributed by atoms with van der Waals surface area (Å²) in [5, 5.41) is 0. The van der Waals surface area contributed by atoms with Crippen molar-refractivity contribution in [2.24, 2.45) is 17.3 Å². The summed E-state index contributed by atoms with van der Waals surface area (Å²) in [4.78, 5) is 0. The SMILES string of the molecule is C.CC1=CC2(CC(C)=C1)C(C)CCC2C.CCC.CCC. The lowest BCUT2D eigenvalue weighted by Crippen LogP contribution is -2.29. The molecule has 2 unspecified atom stereocenters. The highest BCUT2D eigenvalue weighted by Gasteiger charge is 2.44. The molecule has 0 heterocycles. The van der Waals surface area contributed by atoms with E-state index < -0.39 is 0 Å². The van der Waals surface area contributed by atoms with E-state index in [9.17, 15) is 0 Å². The van der Waals surface area contributed by atoms with Crippen molar-refractivity contribution in [3.63, 3.8) is 0 Å². The molecule has 0 aliphatic heterocycles. The molecule has 0 aromatic rings. The second-order valence-electron chi connectivity index (χ2n) is 6.96. The first kappa shape index (κ1) is 22.8. The number of rotatable bonds is 0. The lowest BCUT2D eigenvalue weighted by molar-refractivity contribution is 0.221. The third-order valence-corrected chi connectivity index (χ3v) is 4.42. The third kappa shape index (κ3) is 6.41. The molecule has 21 heavy (non-hydrogen) atoms. The van der Waals surface area contributed by atoms with Crippen molar-refractivity contribution >= 4 is 0 Å². The van der Waals surface area contributed by atoms with Gasteiger partial charge in [0.15, 0.2) is 0 Å². The van der Waals surface area contributed by atoms with Gasteiger partial charge < -0.3 is 0 Å². The summed E-state index contributed by atoms with van der Waals surface area (Å²) in [6, 6.07) is 0. The molecule has 2 rings (SSSR count). The number of allylic oxidation sites excluding steroid dienone is 4. The van der Waals surface area contributed by atoms with E-state index >= 15 is 0 Å². The van der Waals surface area contributed by atoms with Crippen molar-refractivity contribution in [3.05, 3.63) is 23.3 Å². The van der Waals surface area contributed by atoms with Crippen LogP contribution in [-0.2, 0) is 0 Å². The zero-order valence-electron chi connectivity index (χ0n) is 15.3. The van der Waals surface area contributed by atoms with Gasteiger partial charge in [0.05, 0.1) is 0 Å². The van der Waals surface area contributed by atoms with Crippen LogP contribution >= 0.6 is 0 Å². The second-order valence-corrected chi connectivity index (χ2v) is 6.96. The molecule has 0 N–H and O–H groups in total. The summed E-state index contributed by atoms with van der Waals surface area (Å²) >= 11 is 0. The van der Waals surface area contributed by atoms with Gasteiger partial charge in [0.2, 0.25) is 0 Å². The maximum atomic E-state index is 2.56. The summed E-state index contributed by atoms with van der Waals surface area (Å²) in [6.07, 6.45) is 11.5. The normalized spacial score (nSPS) is 30.1. The summed E-state index contributed by atoms with van der Waals surface area (Å²) in [6.45, 7) is 17.9. The molecule has 1 saturated carbocycles. The molecular formula is C21H42. The molecule has 0 nitrogen and oxygen atoms in total. The Balaban J connectivity index is 0. The maximum Gasteiger partial charge on any atom is -0.00242 e. The van der Waals surface area contributed by atoms with Crippen LogP contribution in [0.5, 0.6) is 0 Å². The van der Waals surface area contributed by atoms with Gasteiger partial charge in [-0.15, -0.1) is 0 Å². The maximum absolute atomic E-state index is 2.56. The number of hydrogen-bond donors (Lipinski definition) is 0. The van der Waals surface area contributed by atoms with E-state index in [1.807, 2.05) is 0 Å². The zero-order chi connectivity index (χ0) is 15.8. The molecular weight excluding hydrogens is 252 g/mol. The predicted molar refractivity (Wildman–Crippen MR) is 101 cm³/mol. The largest absolute Gasteiger partial charge is 0.0776 e. The minimum atomic E-state index is 0. The molecule has 2 aliphatic carbocycles. The Hall–Kier alpha value is -0.520. The van der Waals surface area contributed by atoms with Crippen LogP contribution < -0.4 is 0 Å². The van der Waals surface area contributed by atoms with Gasteiger partial charge in [0.25, 0.3) is 0 Å². The van der Waals surface area contributed by atoms with Gasteiger partial charge in [0, 0.05) is 0 Å². The second kappa shape index (κ2) is 11.1. The average Bonchev–Trinajstić information content (AvgIpc) is 2.58. The van der Waals surface area contributed by atoms with Crippen LogP contribution in [0.25, 0.3) is 0 Å². The molecule has 0 radical (unpaired) electrons. The van der Waals surface area contributed by atoms with Crippen LogP contribution in [0, 0.1) is 17.3 Å². The van der Waals surface area contributed by atoms with E-state index in [4.69, 9.17) is 0 Å². The van der Waals surface area contributed by atoms with E-state index in [0.29, 0.717) is 5.41 Å². The van der Waals surface area contributed by atoms with E-state index in [-0.39, 0.29) is 7.43 Å². The predicted octanol–water partition coefficient (Wildman–Crippen LogP) is 7.80. The van der Waals surface area contributed by atoms with Crippen molar-refractivity contribution in [2.75, 3.05) is 0 Å². The molecule has 0 aromatic heterocycles. The van der Waals surface area contributed by atoms with Crippen LogP contribution in [0.1, 0.15) is 94.9 Å². The fourth-order valence-electron chi connectivity index (χ4n) is 3.60. The number of hydrogen-bond acceptors (Lipinski definition) is 0. The summed E-state index contributed by atoms with van der Waals surface area (Å²) in [5.41, 5.74) is 3.56. The van der Waals surface area contributed by atoms with E-state index in [1.54, 1.807) is 5.57 Å². The Labute approximate surface area is 136 Å². The highest BCUT2D eigenvalue weighted by Crippen LogP contribution is 2.54. The van der Waals surface area contributed by atoms with Crippen LogP contribution in [0.15, 0.2) is 23.3 Å². The van der Waals surface area contributed by atoms with Crippen LogP contribution in [0.2, 0.25) is 0 Å². The van der Waals surface area contributed by atoms with E-state index in [0.717, 1.165) is 11.8 Å². The smallest absolute Gasteiger partial charge is 0.00242 e. The standard InChI is InChI=1S/C14H22.2C3H8.CH4/c1-10-7-11(2)9-14(8-10)12(3)5-6-13(14)4;2*1-3-2;/h7-8,12-13H,5-6,9H2,1-4H3;2*3H2,1-2H3;1H4. The zero-order valence-corrected chi connectivity index (χ0v) is 15.3. The molecule has 126 valence electrons. The minimum absolute atomic E-state index is 0. The van der Waals surface area contributed by atoms with Gasteiger partial charge in [-0.3, -0.25) is 0 Å². The Morgan fingerprint density at radius 1 is 0.952 bits per heavy atom. The molecule has 0 bridgehead atoms. The first-order valence-corrected chi connectivity index (χ1v) is 8.74. The Bertz CT molecular complexity index is 307. The van der Waals surface area contributed by atoms with Gasteiger partial charge in [-0.25, -0.2) is 0 Å². The molecule has 0 amide bonds. The van der Waals surface area contributed by atoms with Gasteiger partial charge in [0.1, 0.15) is 0 Å². The van der Waals surface area contributed by atoms with Crippen molar-refractivity contribution in [1.82, 2.24) is 0 Å². The third-order valence-electron chi connectivity index (χ3n) is 4.42. The summed E-state index contributed by atoms with van der Waals surface area (Å²) in [7, 11) is 0. The molecule has 2 aliphatic rings. The van der Waals surface area contributed by atoms with Gasteiger partial charge >= 0.3 is 0 Å².